The van der Waals surface area contributed by atoms with Crippen LogP contribution >= 0.6 is 11.3 Å². The minimum atomic E-state index is -0.102. The van der Waals surface area contributed by atoms with Crippen LogP contribution in [0.15, 0.2) is 16.5 Å². The van der Waals surface area contributed by atoms with Gasteiger partial charge in [0.15, 0.2) is 10.8 Å². The maximum Gasteiger partial charge on any atom is 0.263 e. The number of hydrogen-bond acceptors (Lipinski definition) is 5. The molecular formula is C17H24N2O3S. The molecule has 0 aliphatic heterocycles. The molecule has 5 nitrogen and oxygen atoms in total. The van der Waals surface area contributed by atoms with E-state index >= 15 is 0 Å². The zero-order valence-corrected chi connectivity index (χ0v) is 14.9. The number of thiazole rings is 1. The number of carbonyl (C=O) groups is 1. The molecule has 0 aliphatic carbocycles. The van der Waals surface area contributed by atoms with Gasteiger partial charge in [-0.15, -0.1) is 11.3 Å². The van der Waals surface area contributed by atoms with E-state index < -0.39 is 0 Å². The summed E-state index contributed by atoms with van der Waals surface area (Å²) in [5.74, 6) is 1.42. The summed E-state index contributed by atoms with van der Waals surface area (Å²) in [4.78, 5) is 17.3. The number of aliphatic hydroxyl groups excluding tert-OH is 1. The summed E-state index contributed by atoms with van der Waals surface area (Å²) in [6.45, 7) is 8.49. The van der Waals surface area contributed by atoms with Crippen molar-refractivity contribution in [2.24, 2.45) is 5.41 Å². The van der Waals surface area contributed by atoms with Crippen LogP contribution in [0.3, 0.4) is 0 Å². The predicted molar refractivity (Wildman–Crippen MR) is 91.7 cm³/mol. The molecule has 2 aromatic rings. The number of aliphatic hydroxyl groups is 1. The van der Waals surface area contributed by atoms with Gasteiger partial charge in [-0.25, -0.2) is 4.98 Å². The summed E-state index contributed by atoms with van der Waals surface area (Å²) in [5.41, 5.74) is 0.613. The molecule has 0 radical (unpaired) electrons. The third-order valence-electron chi connectivity index (χ3n) is 3.70. The smallest absolute Gasteiger partial charge is 0.263 e. The van der Waals surface area contributed by atoms with Gasteiger partial charge in [-0.05, 0) is 44.2 Å². The summed E-state index contributed by atoms with van der Waals surface area (Å²) >= 11 is 1.35. The van der Waals surface area contributed by atoms with E-state index in [0.29, 0.717) is 22.9 Å². The number of aryl methyl sites for hydroxylation is 2. The summed E-state index contributed by atoms with van der Waals surface area (Å²) in [7, 11) is 0. The molecule has 0 aromatic carbocycles. The number of amides is 1. The molecule has 0 aliphatic rings. The van der Waals surface area contributed by atoms with Gasteiger partial charge in [-0.2, -0.15) is 0 Å². The molecule has 2 aromatic heterocycles. The molecule has 2 N–H and O–H groups in total. The van der Waals surface area contributed by atoms with Crippen LogP contribution in [-0.4, -0.2) is 29.1 Å². The van der Waals surface area contributed by atoms with Crippen LogP contribution in [0, 0.1) is 19.3 Å². The van der Waals surface area contributed by atoms with Crippen LogP contribution in [0.2, 0.25) is 0 Å². The fourth-order valence-corrected chi connectivity index (χ4v) is 3.13. The molecule has 0 saturated carbocycles. The SMILES string of the molecule is Cc1ccc(-c2nc(C)c(C(=O)NCCCC(C)(C)CO)s2)o1. The number of nitrogens with one attached hydrogen (secondary N) is 1. The first kappa shape index (κ1) is 17.7. The fourth-order valence-electron chi connectivity index (χ4n) is 2.19. The Morgan fingerprint density at radius 1 is 1.39 bits per heavy atom. The zero-order valence-electron chi connectivity index (χ0n) is 14.1. The van der Waals surface area contributed by atoms with Crippen molar-refractivity contribution in [3.8, 4) is 10.8 Å². The van der Waals surface area contributed by atoms with Crippen molar-refractivity contribution in [3.05, 3.63) is 28.5 Å². The lowest BCUT2D eigenvalue weighted by atomic mass is 9.89. The first-order valence-electron chi connectivity index (χ1n) is 7.76. The Labute approximate surface area is 140 Å². The van der Waals surface area contributed by atoms with Crippen molar-refractivity contribution in [3.63, 3.8) is 0 Å². The van der Waals surface area contributed by atoms with Crippen LogP contribution in [0.1, 0.15) is 47.8 Å². The summed E-state index contributed by atoms with van der Waals surface area (Å²) < 4.78 is 5.56. The van der Waals surface area contributed by atoms with Gasteiger partial charge in [0, 0.05) is 13.2 Å². The van der Waals surface area contributed by atoms with Gasteiger partial charge in [-0.1, -0.05) is 13.8 Å². The van der Waals surface area contributed by atoms with Gasteiger partial charge >= 0.3 is 0 Å². The van der Waals surface area contributed by atoms with Gasteiger partial charge in [0.1, 0.15) is 10.6 Å². The van der Waals surface area contributed by atoms with E-state index in [1.54, 1.807) is 0 Å². The molecule has 0 atom stereocenters. The minimum Gasteiger partial charge on any atom is -0.459 e. The van der Waals surface area contributed by atoms with Crippen molar-refractivity contribution >= 4 is 17.2 Å². The molecule has 23 heavy (non-hydrogen) atoms. The van der Waals surface area contributed by atoms with Crippen LogP contribution in [0.5, 0.6) is 0 Å². The molecule has 2 rings (SSSR count). The third-order valence-corrected chi connectivity index (χ3v) is 4.87. The van der Waals surface area contributed by atoms with Gasteiger partial charge in [-0.3, -0.25) is 4.79 Å². The normalized spacial score (nSPS) is 11.7. The largest absolute Gasteiger partial charge is 0.459 e. The lowest BCUT2D eigenvalue weighted by molar-refractivity contribution is 0.0952. The van der Waals surface area contributed by atoms with Crippen molar-refractivity contribution < 1.29 is 14.3 Å². The van der Waals surface area contributed by atoms with Crippen molar-refractivity contribution in [2.75, 3.05) is 13.2 Å². The standard InChI is InChI=1S/C17H24N2O3S/c1-11-6-7-13(22-11)16-19-12(2)14(23-16)15(21)18-9-5-8-17(3,4)10-20/h6-7,20H,5,8-10H2,1-4H3,(H,18,21). The van der Waals surface area contributed by atoms with Crippen LogP contribution in [0.4, 0.5) is 0 Å². The summed E-state index contributed by atoms with van der Waals surface area (Å²) in [5, 5.41) is 12.9. The quantitative estimate of drug-likeness (QED) is 0.758. The second kappa shape index (κ2) is 7.27. The Balaban J connectivity index is 1.94. The maximum atomic E-state index is 12.3. The highest BCUT2D eigenvalue weighted by Gasteiger charge is 2.19. The van der Waals surface area contributed by atoms with Crippen molar-refractivity contribution in [2.45, 2.75) is 40.5 Å². The number of furan rings is 1. The van der Waals surface area contributed by atoms with E-state index in [4.69, 9.17) is 4.42 Å². The van der Waals surface area contributed by atoms with Gasteiger partial charge < -0.3 is 14.8 Å². The first-order valence-corrected chi connectivity index (χ1v) is 8.57. The molecule has 2 heterocycles. The second-order valence-electron chi connectivity index (χ2n) is 6.53. The molecule has 0 fully saturated rings. The number of carbonyl (C=O) groups excluding carboxylic acids is 1. The Morgan fingerprint density at radius 2 is 2.13 bits per heavy atom. The molecule has 0 bridgehead atoms. The molecule has 0 saturated heterocycles. The molecule has 1 amide bonds. The maximum absolute atomic E-state index is 12.3. The van der Waals surface area contributed by atoms with Crippen molar-refractivity contribution in [1.29, 1.82) is 0 Å². The van der Waals surface area contributed by atoms with Crippen LogP contribution in [0.25, 0.3) is 10.8 Å². The Morgan fingerprint density at radius 3 is 2.74 bits per heavy atom. The van der Waals surface area contributed by atoms with E-state index in [-0.39, 0.29) is 17.9 Å². The highest BCUT2D eigenvalue weighted by Crippen LogP contribution is 2.29. The summed E-state index contributed by atoms with van der Waals surface area (Å²) in [6, 6.07) is 3.75. The van der Waals surface area contributed by atoms with Gasteiger partial charge in [0.2, 0.25) is 0 Å². The van der Waals surface area contributed by atoms with E-state index in [1.165, 1.54) is 11.3 Å². The molecular weight excluding hydrogens is 312 g/mol. The second-order valence-corrected chi connectivity index (χ2v) is 7.52. The minimum absolute atomic E-state index is 0.101. The number of rotatable bonds is 7. The lowest BCUT2D eigenvalue weighted by Gasteiger charge is -2.21. The molecule has 0 unspecified atom stereocenters. The average Bonchev–Trinajstić information content (AvgIpc) is 3.09. The molecule has 6 heteroatoms. The Bertz CT molecular complexity index is 673. The first-order chi connectivity index (χ1) is 10.8. The van der Waals surface area contributed by atoms with Crippen molar-refractivity contribution in [1.82, 2.24) is 10.3 Å². The summed E-state index contributed by atoms with van der Waals surface area (Å²) in [6.07, 6.45) is 1.70. The van der Waals surface area contributed by atoms with Gasteiger partial charge in [0.25, 0.3) is 5.91 Å². The molecule has 126 valence electrons. The topological polar surface area (TPSA) is 75.4 Å². The van der Waals surface area contributed by atoms with E-state index in [1.807, 2.05) is 39.8 Å². The fraction of sp³-hybridized carbons (Fsp3) is 0.529. The van der Waals surface area contributed by atoms with Crippen LogP contribution < -0.4 is 5.32 Å². The molecule has 0 spiro atoms. The Hall–Kier alpha value is -1.66. The highest BCUT2D eigenvalue weighted by molar-refractivity contribution is 7.17. The van der Waals surface area contributed by atoms with E-state index in [2.05, 4.69) is 10.3 Å². The number of aromatic nitrogens is 1. The average molecular weight is 336 g/mol. The number of hydrogen-bond donors (Lipinski definition) is 2. The van der Waals surface area contributed by atoms with E-state index in [0.717, 1.165) is 23.6 Å². The van der Waals surface area contributed by atoms with E-state index in [9.17, 15) is 9.90 Å². The third kappa shape index (κ3) is 4.65. The monoisotopic (exact) mass is 336 g/mol. The van der Waals surface area contributed by atoms with Crippen LogP contribution in [-0.2, 0) is 0 Å². The highest BCUT2D eigenvalue weighted by atomic mass is 32.1. The predicted octanol–water partition coefficient (Wildman–Crippen LogP) is 3.55. The zero-order chi connectivity index (χ0) is 17.0. The Kier molecular flexibility index (Phi) is 5.59. The van der Waals surface area contributed by atoms with Gasteiger partial charge in [0.05, 0.1) is 5.69 Å². The lowest BCUT2D eigenvalue weighted by Crippen LogP contribution is -2.26. The number of nitrogens with zero attached hydrogens (tertiary/aromatic N) is 1.